The summed E-state index contributed by atoms with van der Waals surface area (Å²) in [5.74, 6) is 1.52. The molecule has 260 valence electrons. The number of anilines is 1. The molecule has 3 aromatic carbocycles. The number of nitrogens with zero attached hydrogens (tertiary/aromatic N) is 4. The molecule has 0 aliphatic carbocycles. The van der Waals surface area contributed by atoms with Gasteiger partial charge in [0.1, 0.15) is 17.1 Å². The molecule has 51 heavy (non-hydrogen) atoms. The Kier molecular flexibility index (Phi) is 9.19. The molecule has 0 bridgehead atoms. The summed E-state index contributed by atoms with van der Waals surface area (Å²) >= 11 is 0. The minimum atomic E-state index is -2.16. The zero-order chi connectivity index (χ0) is 35.8. The topological polar surface area (TPSA) is 126 Å². The van der Waals surface area contributed by atoms with Crippen LogP contribution >= 0.6 is 0 Å². The molecular weight excluding hydrogens is 657 g/mol. The molecule has 0 spiro atoms. The third kappa shape index (κ3) is 7.00. The normalized spacial score (nSPS) is 13.8. The number of amides is 1. The van der Waals surface area contributed by atoms with Crippen LogP contribution in [0.1, 0.15) is 48.5 Å². The number of carbonyl (C=O) groups excluding carboxylic acids is 1. The van der Waals surface area contributed by atoms with Crippen molar-refractivity contribution < 1.29 is 18.7 Å². The second-order valence-electron chi connectivity index (χ2n) is 14.1. The number of fused-ring (bicyclic) bond motifs is 1. The largest absolute Gasteiger partial charge is 0.543 e. The first-order valence-corrected chi connectivity index (χ1v) is 20.0. The lowest BCUT2D eigenvalue weighted by Gasteiger charge is -2.37. The number of nitrogens with two attached hydrogens (primary N) is 1. The SMILES string of the molecule is CC(C)(C)[Si](C)(C)Oc1cc(CNC(=O)c2ccc(-n3c(-c4cccnc4N)nc4ccc(-c5ccccc5)nc43)cc2)ccc1C1OCCO1. The molecule has 1 amide bonds. The standard InChI is InChI=1S/C40H42N6O4Si/c1-40(2,3)51(4,5)50-34-24-26(13-18-30(34)39-48-22-23-49-39)25-43-38(47)28-14-16-29(17-15-28)46-36(31-12-9-21-42-35(31)41)45-33-20-19-32(44-37(33)46)27-10-7-6-8-11-27/h6-21,24,39H,22-23,25H2,1-5H3,(H2,41,42)(H,43,47). The summed E-state index contributed by atoms with van der Waals surface area (Å²) in [5.41, 5.74) is 13.3. The highest BCUT2D eigenvalue weighted by atomic mass is 28.4. The predicted octanol–water partition coefficient (Wildman–Crippen LogP) is 8.09. The third-order valence-corrected chi connectivity index (χ3v) is 14.0. The quantitative estimate of drug-likeness (QED) is 0.145. The van der Waals surface area contributed by atoms with Crippen molar-refractivity contribution in [1.82, 2.24) is 24.8 Å². The molecular formula is C40H42N6O4Si. The fourth-order valence-electron chi connectivity index (χ4n) is 5.74. The molecule has 0 unspecified atom stereocenters. The first-order chi connectivity index (χ1) is 24.5. The first-order valence-electron chi connectivity index (χ1n) is 17.1. The van der Waals surface area contributed by atoms with Crippen LogP contribution < -0.4 is 15.5 Å². The second-order valence-corrected chi connectivity index (χ2v) is 18.9. The summed E-state index contributed by atoms with van der Waals surface area (Å²) in [5, 5.41) is 3.08. The molecule has 1 aliphatic rings. The van der Waals surface area contributed by atoms with E-state index in [9.17, 15) is 4.79 Å². The molecule has 10 nitrogen and oxygen atoms in total. The van der Waals surface area contributed by atoms with Crippen molar-refractivity contribution >= 4 is 31.2 Å². The fraction of sp³-hybridized carbons (Fsp3) is 0.250. The highest BCUT2D eigenvalue weighted by Crippen LogP contribution is 2.41. The number of nitrogen functional groups attached to an aromatic ring is 1. The van der Waals surface area contributed by atoms with Crippen LogP contribution in [-0.2, 0) is 16.0 Å². The van der Waals surface area contributed by atoms with Crippen LogP contribution in [0, 0.1) is 0 Å². The third-order valence-electron chi connectivity index (χ3n) is 9.62. The summed E-state index contributed by atoms with van der Waals surface area (Å²) in [6.45, 7) is 12.5. The Hall–Kier alpha value is -5.36. The van der Waals surface area contributed by atoms with Crippen LogP contribution in [0.3, 0.4) is 0 Å². The van der Waals surface area contributed by atoms with Crippen molar-refractivity contribution in [3.05, 3.63) is 120 Å². The predicted molar refractivity (Wildman–Crippen MR) is 202 cm³/mol. The summed E-state index contributed by atoms with van der Waals surface area (Å²) in [4.78, 5) is 27.7. The number of aromatic nitrogens is 4. The average Bonchev–Trinajstić information content (AvgIpc) is 3.79. The van der Waals surface area contributed by atoms with Gasteiger partial charge in [-0.05, 0) is 84.4 Å². The summed E-state index contributed by atoms with van der Waals surface area (Å²) in [6, 6.07) is 31.0. The van der Waals surface area contributed by atoms with E-state index in [1.54, 1.807) is 18.3 Å². The Morgan fingerprint density at radius 1 is 0.941 bits per heavy atom. The van der Waals surface area contributed by atoms with Crippen LogP contribution in [0.5, 0.6) is 5.75 Å². The van der Waals surface area contributed by atoms with Crippen LogP contribution in [0.2, 0.25) is 18.1 Å². The lowest BCUT2D eigenvalue weighted by atomic mass is 10.1. The molecule has 1 aliphatic heterocycles. The van der Waals surface area contributed by atoms with Gasteiger partial charge in [-0.25, -0.2) is 15.0 Å². The number of imidazole rings is 1. The number of rotatable bonds is 9. The molecule has 11 heteroatoms. The lowest BCUT2D eigenvalue weighted by Crippen LogP contribution is -2.44. The van der Waals surface area contributed by atoms with Crippen molar-refractivity contribution in [3.8, 4) is 34.1 Å². The summed E-state index contributed by atoms with van der Waals surface area (Å²) < 4.78 is 20.4. The minimum Gasteiger partial charge on any atom is -0.543 e. The van der Waals surface area contributed by atoms with Crippen LogP contribution in [0.25, 0.3) is 39.5 Å². The lowest BCUT2D eigenvalue weighted by molar-refractivity contribution is -0.0450. The summed E-state index contributed by atoms with van der Waals surface area (Å²) in [6.07, 6.45) is 1.19. The van der Waals surface area contributed by atoms with Gasteiger partial charge in [0.15, 0.2) is 17.8 Å². The summed E-state index contributed by atoms with van der Waals surface area (Å²) in [7, 11) is -2.16. The van der Waals surface area contributed by atoms with Gasteiger partial charge in [-0.3, -0.25) is 9.36 Å². The van der Waals surface area contributed by atoms with Crippen molar-refractivity contribution in [2.24, 2.45) is 0 Å². The molecule has 7 rings (SSSR count). The molecule has 3 N–H and O–H groups in total. The number of pyridine rings is 2. The molecule has 0 radical (unpaired) electrons. The van der Waals surface area contributed by atoms with Gasteiger partial charge in [-0.2, -0.15) is 0 Å². The number of benzene rings is 3. The number of nitrogens with one attached hydrogen (secondary N) is 1. The number of hydrogen-bond donors (Lipinski definition) is 2. The van der Waals surface area contributed by atoms with E-state index in [1.807, 2.05) is 89.5 Å². The van der Waals surface area contributed by atoms with Gasteiger partial charge in [0.2, 0.25) is 8.32 Å². The van der Waals surface area contributed by atoms with Crippen LogP contribution in [0.4, 0.5) is 5.82 Å². The van der Waals surface area contributed by atoms with Gasteiger partial charge in [0.25, 0.3) is 5.91 Å². The van der Waals surface area contributed by atoms with Crippen molar-refractivity contribution in [3.63, 3.8) is 0 Å². The molecule has 4 heterocycles. The van der Waals surface area contributed by atoms with E-state index < -0.39 is 14.6 Å². The van der Waals surface area contributed by atoms with Gasteiger partial charge in [-0.15, -0.1) is 0 Å². The molecule has 1 fully saturated rings. The van der Waals surface area contributed by atoms with Gasteiger partial charge in [-0.1, -0.05) is 57.2 Å². The van der Waals surface area contributed by atoms with Crippen molar-refractivity contribution in [1.29, 1.82) is 0 Å². The number of ether oxygens (including phenoxy) is 2. The molecule has 6 aromatic rings. The van der Waals surface area contributed by atoms with Crippen LogP contribution in [0.15, 0.2) is 103 Å². The first kappa shape index (κ1) is 34.1. The van der Waals surface area contributed by atoms with Crippen molar-refractivity contribution in [2.75, 3.05) is 18.9 Å². The molecule has 3 aromatic heterocycles. The Balaban J connectivity index is 1.16. The van der Waals surface area contributed by atoms with Crippen molar-refractivity contribution in [2.45, 2.75) is 51.7 Å². The molecule has 0 atom stereocenters. The highest BCUT2D eigenvalue weighted by molar-refractivity contribution is 6.74. The second kappa shape index (κ2) is 13.7. The number of hydrogen-bond acceptors (Lipinski definition) is 8. The minimum absolute atomic E-state index is 0.00659. The zero-order valence-electron chi connectivity index (χ0n) is 29.5. The van der Waals surface area contributed by atoms with E-state index in [4.69, 9.17) is 29.6 Å². The highest BCUT2D eigenvalue weighted by Gasteiger charge is 2.40. The monoisotopic (exact) mass is 698 g/mol. The molecule has 1 saturated heterocycles. The van der Waals surface area contributed by atoms with E-state index in [0.717, 1.165) is 33.8 Å². The van der Waals surface area contributed by atoms with Gasteiger partial charge >= 0.3 is 0 Å². The Bertz CT molecular complexity index is 2190. The maximum atomic E-state index is 13.5. The smallest absolute Gasteiger partial charge is 0.251 e. The molecule has 0 saturated carbocycles. The Morgan fingerprint density at radius 2 is 1.69 bits per heavy atom. The Morgan fingerprint density at radius 3 is 2.39 bits per heavy atom. The van der Waals surface area contributed by atoms with Gasteiger partial charge in [0, 0.05) is 35.1 Å². The maximum Gasteiger partial charge on any atom is 0.251 e. The van der Waals surface area contributed by atoms with Gasteiger partial charge in [0.05, 0.1) is 24.5 Å². The number of carbonyl (C=O) groups is 1. The maximum absolute atomic E-state index is 13.5. The van der Waals surface area contributed by atoms with E-state index in [-0.39, 0.29) is 10.9 Å². The van der Waals surface area contributed by atoms with E-state index >= 15 is 0 Å². The van der Waals surface area contributed by atoms with E-state index in [2.05, 4.69) is 44.2 Å². The Labute approximate surface area is 298 Å². The zero-order valence-corrected chi connectivity index (χ0v) is 30.5. The van der Waals surface area contributed by atoms with Gasteiger partial charge < -0.3 is 25.0 Å². The van der Waals surface area contributed by atoms with E-state index in [1.165, 1.54) is 0 Å². The fourth-order valence-corrected chi connectivity index (χ4v) is 6.78. The van der Waals surface area contributed by atoms with Crippen LogP contribution in [-0.4, -0.2) is 47.0 Å². The van der Waals surface area contributed by atoms with E-state index in [0.29, 0.717) is 53.7 Å². The average molecular weight is 699 g/mol.